The molecule has 186 valence electrons. The summed E-state index contributed by atoms with van der Waals surface area (Å²) < 4.78 is 19.4. The second kappa shape index (κ2) is 9.50. The van der Waals surface area contributed by atoms with E-state index in [2.05, 4.69) is 30.9 Å². The van der Waals surface area contributed by atoms with E-state index < -0.39 is 17.4 Å². The van der Waals surface area contributed by atoms with Gasteiger partial charge in [0.25, 0.3) is 0 Å². The average Bonchev–Trinajstić information content (AvgIpc) is 3.30. The van der Waals surface area contributed by atoms with E-state index in [4.69, 9.17) is 4.74 Å². The monoisotopic (exact) mass is 477 g/mol. The molecule has 1 saturated heterocycles. The van der Waals surface area contributed by atoms with Gasteiger partial charge in [-0.1, -0.05) is 6.92 Å². The van der Waals surface area contributed by atoms with Crippen LogP contribution in [-0.2, 0) is 28.2 Å². The molecule has 4 N–H and O–H groups in total. The molecule has 12 nitrogen and oxygen atoms in total. The number of amides is 1. The van der Waals surface area contributed by atoms with Gasteiger partial charge in [-0.05, 0) is 19.8 Å². The molecule has 4 heterocycles. The lowest BCUT2D eigenvalue weighted by molar-refractivity contribution is -0.159. The molecule has 0 saturated carbocycles. The van der Waals surface area contributed by atoms with E-state index in [1.54, 1.807) is 10.0 Å². The smallest absolute Gasteiger partial charge is 0.242 e. The van der Waals surface area contributed by atoms with Gasteiger partial charge in [-0.2, -0.15) is 10.2 Å². The third-order valence-electron chi connectivity index (χ3n) is 6.44. The number of fused-ring (bicyclic) bond motifs is 1. The van der Waals surface area contributed by atoms with Crippen molar-refractivity contribution < 1.29 is 19.0 Å². The molecule has 13 heteroatoms. The normalized spacial score (nSPS) is 22.7. The van der Waals surface area contributed by atoms with Crippen molar-refractivity contribution in [2.45, 2.75) is 45.5 Å². The van der Waals surface area contributed by atoms with Gasteiger partial charge in [-0.25, -0.2) is 24.8 Å². The van der Waals surface area contributed by atoms with Gasteiger partial charge in [-0.15, -0.1) is 0 Å². The summed E-state index contributed by atoms with van der Waals surface area (Å²) in [4.78, 5) is 23.6. The van der Waals surface area contributed by atoms with Gasteiger partial charge in [-0.3, -0.25) is 9.89 Å². The molecular weight excluding hydrogens is 445 g/mol. The Kier molecular flexibility index (Phi) is 6.82. The van der Waals surface area contributed by atoms with E-state index in [0.29, 0.717) is 31.3 Å². The zero-order chi connectivity index (χ0) is 24.6. The van der Waals surface area contributed by atoms with Crippen LogP contribution in [0.1, 0.15) is 37.9 Å². The average molecular weight is 478 g/mol. The highest BCUT2D eigenvalue weighted by molar-refractivity contribution is 5.84. The highest BCUT2D eigenvalue weighted by Crippen LogP contribution is 2.42. The fraction of sp³-hybridized carbons (Fsp3) is 0.619. The SMILES string of the molecule is COCc1ncc(F)c(Nc2n[nH]c3c2CN(C(=O)C2NN(CCO)N(C)C[C@@H]2C)C3(C)C)n1. The van der Waals surface area contributed by atoms with E-state index in [1.165, 1.54) is 7.11 Å². The summed E-state index contributed by atoms with van der Waals surface area (Å²) >= 11 is 0. The summed E-state index contributed by atoms with van der Waals surface area (Å²) in [6.07, 6.45) is 1.08. The van der Waals surface area contributed by atoms with Gasteiger partial charge in [0.1, 0.15) is 12.6 Å². The van der Waals surface area contributed by atoms with Crippen LogP contribution >= 0.6 is 0 Å². The Balaban J connectivity index is 1.56. The lowest BCUT2D eigenvalue weighted by atomic mass is 9.96. The van der Waals surface area contributed by atoms with Crippen LogP contribution in [-0.4, -0.2) is 86.1 Å². The summed E-state index contributed by atoms with van der Waals surface area (Å²) in [5.41, 5.74) is 4.16. The Morgan fingerprint density at radius 1 is 1.41 bits per heavy atom. The first-order valence-corrected chi connectivity index (χ1v) is 11.2. The fourth-order valence-electron chi connectivity index (χ4n) is 4.58. The maximum Gasteiger partial charge on any atom is 0.242 e. The summed E-state index contributed by atoms with van der Waals surface area (Å²) in [6.45, 7) is 7.40. The third-order valence-corrected chi connectivity index (χ3v) is 6.44. The first-order valence-electron chi connectivity index (χ1n) is 11.2. The number of β-amino-alcohol motifs (C(OH)–C–C–N with tert-alkyl or cyclic N) is 1. The molecule has 0 spiro atoms. The van der Waals surface area contributed by atoms with Crippen LogP contribution in [0.25, 0.3) is 0 Å². The molecule has 1 unspecified atom stereocenters. The Labute approximate surface area is 197 Å². The lowest BCUT2D eigenvalue weighted by Crippen LogP contribution is -2.66. The molecule has 2 aromatic rings. The van der Waals surface area contributed by atoms with Crippen molar-refractivity contribution in [2.24, 2.45) is 5.92 Å². The topological polar surface area (TPSA) is 135 Å². The standard InChI is InChI=1S/C21H32FN9O3/c1-12-9-29(4)31(6-7-32)28-16(12)20(33)30-10-13-17(21(30,2)3)26-27-18(13)25-19-14(22)8-23-15(24-19)11-34-5/h8,12,16,28,32H,6-7,9-11H2,1-5H3,(H2,23,24,25,26,27)/t12-,16?/m0/s1. The van der Waals surface area contributed by atoms with Crippen LogP contribution in [0.3, 0.4) is 0 Å². The van der Waals surface area contributed by atoms with Crippen molar-refractivity contribution in [1.29, 1.82) is 0 Å². The lowest BCUT2D eigenvalue weighted by Gasteiger charge is -2.45. The van der Waals surface area contributed by atoms with Crippen LogP contribution in [0.4, 0.5) is 16.0 Å². The predicted molar refractivity (Wildman–Crippen MR) is 121 cm³/mol. The number of hydrazine groups is 2. The number of carbonyl (C=O) groups excluding carboxylic acids is 1. The number of aromatic nitrogens is 4. The second-order valence-electron chi connectivity index (χ2n) is 9.22. The van der Waals surface area contributed by atoms with Crippen molar-refractivity contribution >= 4 is 17.5 Å². The van der Waals surface area contributed by atoms with E-state index in [0.717, 1.165) is 17.5 Å². The van der Waals surface area contributed by atoms with Crippen molar-refractivity contribution in [3.8, 4) is 0 Å². The molecule has 4 rings (SSSR count). The number of methoxy groups -OCH3 is 1. The Morgan fingerprint density at radius 3 is 2.88 bits per heavy atom. The minimum Gasteiger partial charge on any atom is -0.395 e. The number of aliphatic hydroxyl groups excluding tert-OH is 1. The van der Waals surface area contributed by atoms with Gasteiger partial charge < -0.3 is 20.1 Å². The molecule has 0 aliphatic carbocycles. The van der Waals surface area contributed by atoms with Crippen LogP contribution in [0, 0.1) is 11.7 Å². The van der Waals surface area contributed by atoms with Crippen molar-refractivity contribution in [1.82, 2.24) is 40.6 Å². The maximum atomic E-state index is 14.4. The molecule has 1 amide bonds. The highest BCUT2D eigenvalue weighted by Gasteiger charge is 2.47. The Hall–Kier alpha value is -2.71. The number of nitrogens with one attached hydrogen (secondary N) is 3. The number of aromatic amines is 1. The number of hydrogen-bond donors (Lipinski definition) is 4. The summed E-state index contributed by atoms with van der Waals surface area (Å²) in [7, 11) is 3.43. The van der Waals surface area contributed by atoms with Gasteiger partial charge in [0.2, 0.25) is 5.91 Å². The molecule has 1 fully saturated rings. The number of rotatable bonds is 7. The largest absolute Gasteiger partial charge is 0.395 e. The number of ether oxygens (including phenoxy) is 1. The van der Waals surface area contributed by atoms with Crippen molar-refractivity contribution in [3.63, 3.8) is 0 Å². The number of anilines is 2. The highest BCUT2D eigenvalue weighted by atomic mass is 19.1. The summed E-state index contributed by atoms with van der Waals surface area (Å²) in [5, 5.41) is 23.4. The van der Waals surface area contributed by atoms with Crippen LogP contribution in [0.5, 0.6) is 0 Å². The number of carbonyl (C=O) groups is 1. The Bertz CT molecular complexity index is 1050. The quantitative estimate of drug-likeness (QED) is 0.446. The molecule has 0 radical (unpaired) electrons. The number of hydrogen-bond acceptors (Lipinski definition) is 10. The summed E-state index contributed by atoms with van der Waals surface area (Å²) in [6, 6.07) is -0.452. The van der Waals surface area contributed by atoms with Gasteiger partial charge in [0, 0.05) is 26.3 Å². The van der Waals surface area contributed by atoms with Crippen LogP contribution in [0.15, 0.2) is 6.20 Å². The molecule has 34 heavy (non-hydrogen) atoms. The molecule has 0 bridgehead atoms. The van der Waals surface area contributed by atoms with Crippen molar-refractivity contribution in [2.75, 3.05) is 39.2 Å². The molecule has 2 aliphatic heterocycles. The van der Waals surface area contributed by atoms with Gasteiger partial charge in [0.15, 0.2) is 23.3 Å². The van der Waals surface area contributed by atoms with Crippen LogP contribution in [0.2, 0.25) is 0 Å². The molecule has 0 aromatic carbocycles. The van der Waals surface area contributed by atoms with Gasteiger partial charge in [0.05, 0.1) is 37.1 Å². The van der Waals surface area contributed by atoms with Crippen molar-refractivity contribution in [3.05, 3.63) is 29.1 Å². The molecule has 2 atom stereocenters. The predicted octanol–water partition coefficient (Wildman–Crippen LogP) is 0.470. The maximum absolute atomic E-state index is 14.4. The van der Waals surface area contributed by atoms with E-state index in [1.807, 2.05) is 32.8 Å². The van der Waals surface area contributed by atoms with E-state index in [9.17, 15) is 14.3 Å². The first kappa shape index (κ1) is 24.4. The minimum absolute atomic E-state index is 0.0100. The van der Waals surface area contributed by atoms with E-state index >= 15 is 0 Å². The number of nitrogens with zero attached hydrogens (tertiary/aromatic N) is 6. The van der Waals surface area contributed by atoms with Gasteiger partial charge >= 0.3 is 0 Å². The summed E-state index contributed by atoms with van der Waals surface area (Å²) in [5.74, 6) is 0.113. The number of aliphatic hydroxyl groups is 1. The molecule has 2 aliphatic rings. The van der Waals surface area contributed by atoms with Crippen LogP contribution < -0.4 is 10.7 Å². The number of halogens is 1. The zero-order valence-electron chi connectivity index (χ0n) is 20.1. The second-order valence-corrected chi connectivity index (χ2v) is 9.22. The zero-order valence-corrected chi connectivity index (χ0v) is 20.1. The fourth-order valence-corrected chi connectivity index (χ4v) is 4.58. The molecular formula is C21H32FN9O3. The third kappa shape index (κ3) is 4.36. The minimum atomic E-state index is -0.655. The Morgan fingerprint density at radius 2 is 2.18 bits per heavy atom. The van der Waals surface area contributed by atoms with E-state index in [-0.39, 0.29) is 30.9 Å². The molecule has 2 aromatic heterocycles. The number of H-pyrrole nitrogens is 1. The first-order chi connectivity index (χ1) is 16.2.